The van der Waals surface area contributed by atoms with Gasteiger partial charge in [0.05, 0.1) is 32.6 Å². The van der Waals surface area contributed by atoms with Gasteiger partial charge in [-0.3, -0.25) is 13.8 Å². The Balaban J connectivity index is 1.77. The molecule has 1 atom stereocenters. The monoisotopic (exact) mass is 541 g/mol. The fraction of sp³-hybridized carbons (Fsp3) is 0.136. The van der Waals surface area contributed by atoms with Crippen LogP contribution in [-0.2, 0) is 24.8 Å². The van der Waals surface area contributed by atoms with Crippen molar-refractivity contribution in [3.8, 4) is 0 Å². The Morgan fingerprint density at radius 3 is 2.09 bits per heavy atom. The van der Waals surface area contributed by atoms with Gasteiger partial charge < -0.3 is 5.32 Å². The molecule has 0 spiro atoms. The van der Waals surface area contributed by atoms with Crippen LogP contribution in [0.1, 0.15) is 6.92 Å². The molecular formula is C22H21Cl2N3O5S2. The van der Waals surface area contributed by atoms with Crippen LogP contribution in [0, 0.1) is 0 Å². The van der Waals surface area contributed by atoms with E-state index in [1.54, 1.807) is 36.4 Å². The van der Waals surface area contributed by atoms with Gasteiger partial charge in [0.1, 0.15) is 6.04 Å². The second-order valence-electron chi connectivity index (χ2n) is 7.29. The molecule has 0 radical (unpaired) electrons. The van der Waals surface area contributed by atoms with E-state index in [2.05, 4.69) is 10.0 Å². The van der Waals surface area contributed by atoms with Crippen molar-refractivity contribution >= 4 is 66.2 Å². The molecule has 0 aliphatic carbocycles. The number of amides is 1. The van der Waals surface area contributed by atoms with E-state index < -0.39 is 32.0 Å². The summed E-state index contributed by atoms with van der Waals surface area (Å²) < 4.78 is 53.4. The van der Waals surface area contributed by atoms with Gasteiger partial charge in [0.2, 0.25) is 15.9 Å². The molecule has 0 fully saturated rings. The third-order valence-corrected chi connectivity index (χ3v) is 8.17. The maximum Gasteiger partial charge on any atom is 0.261 e. The summed E-state index contributed by atoms with van der Waals surface area (Å²) in [7, 11) is -7.73. The fourth-order valence-corrected chi connectivity index (χ4v) is 5.78. The molecule has 3 aromatic carbocycles. The lowest BCUT2D eigenvalue weighted by Crippen LogP contribution is -2.45. The van der Waals surface area contributed by atoms with E-state index in [0.29, 0.717) is 5.69 Å². The number of hydrogen-bond acceptors (Lipinski definition) is 5. The Kier molecular flexibility index (Phi) is 7.77. The van der Waals surface area contributed by atoms with Gasteiger partial charge >= 0.3 is 0 Å². The van der Waals surface area contributed by atoms with Crippen LogP contribution in [0.25, 0.3) is 0 Å². The average molecular weight is 542 g/mol. The summed E-state index contributed by atoms with van der Waals surface area (Å²) in [6.07, 6.45) is 1.02. The summed E-state index contributed by atoms with van der Waals surface area (Å²) in [5, 5.41) is 2.88. The number of carbonyl (C=O) groups excluding carboxylic acids is 1. The highest BCUT2D eigenvalue weighted by Crippen LogP contribution is 2.31. The lowest BCUT2D eigenvalue weighted by Gasteiger charge is -2.28. The van der Waals surface area contributed by atoms with Crippen molar-refractivity contribution in [1.29, 1.82) is 0 Å². The predicted octanol–water partition coefficient (Wildman–Crippen LogP) is 4.59. The van der Waals surface area contributed by atoms with Crippen molar-refractivity contribution < 1.29 is 21.6 Å². The van der Waals surface area contributed by atoms with Crippen LogP contribution in [0.2, 0.25) is 10.0 Å². The molecule has 0 aromatic heterocycles. The standard InChI is InChI=1S/C22H21Cl2N3O5S2/c1-15(27(33(2,29)30)17-7-4-3-5-8-17)22(28)25-16-11-13-18(14-12-16)34(31,32)26-20-10-6-9-19(23)21(20)24/h3-15,26H,1-2H3,(H,25,28)/t15-/m0/s1. The number of benzene rings is 3. The van der Waals surface area contributed by atoms with Gasteiger partial charge in [0, 0.05) is 5.69 Å². The topological polar surface area (TPSA) is 113 Å². The van der Waals surface area contributed by atoms with Crippen LogP contribution in [0.5, 0.6) is 0 Å². The molecule has 2 N–H and O–H groups in total. The van der Waals surface area contributed by atoms with Gasteiger partial charge in [0.25, 0.3) is 10.0 Å². The average Bonchev–Trinajstić information content (AvgIpc) is 2.77. The first-order valence-corrected chi connectivity index (χ1v) is 13.9. The molecule has 0 aliphatic rings. The van der Waals surface area contributed by atoms with E-state index in [1.165, 1.54) is 43.3 Å². The number of sulfonamides is 2. The highest BCUT2D eigenvalue weighted by atomic mass is 35.5. The third-order valence-electron chi connectivity index (χ3n) is 4.73. The summed E-state index contributed by atoms with van der Waals surface area (Å²) in [5.74, 6) is -0.589. The van der Waals surface area contributed by atoms with Crippen molar-refractivity contribution in [1.82, 2.24) is 0 Å². The molecule has 0 bridgehead atoms. The molecule has 0 aliphatic heterocycles. The predicted molar refractivity (Wildman–Crippen MR) is 136 cm³/mol. The fourth-order valence-electron chi connectivity index (χ4n) is 3.13. The van der Waals surface area contributed by atoms with Gasteiger partial charge in [-0.15, -0.1) is 0 Å². The van der Waals surface area contributed by atoms with Crippen molar-refractivity contribution in [2.75, 3.05) is 20.6 Å². The highest BCUT2D eigenvalue weighted by Gasteiger charge is 2.29. The zero-order valence-electron chi connectivity index (χ0n) is 18.1. The minimum absolute atomic E-state index is 0.0689. The molecule has 0 unspecified atom stereocenters. The SMILES string of the molecule is C[C@@H](C(=O)Nc1ccc(S(=O)(=O)Nc2cccc(Cl)c2Cl)cc1)N(c1ccccc1)S(C)(=O)=O. The van der Waals surface area contributed by atoms with Crippen LogP contribution in [0.15, 0.2) is 77.7 Å². The zero-order valence-corrected chi connectivity index (χ0v) is 21.2. The van der Waals surface area contributed by atoms with E-state index in [0.717, 1.165) is 10.6 Å². The number of anilines is 3. The molecule has 3 rings (SSSR count). The van der Waals surface area contributed by atoms with Gasteiger partial charge in [-0.25, -0.2) is 16.8 Å². The van der Waals surface area contributed by atoms with Crippen LogP contribution < -0.4 is 14.3 Å². The van der Waals surface area contributed by atoms with Crippen molar-refractivity contribution in [2.24, 2.45) is 0 Å². The third kappa shape index (κ3) is 6.01. The van der Waals surface area contributed by atoms with Crippen LogP contribution in [0.3, 0.4) is 0 Å². The first kappa shape index (κ1) is 25.8. The first-order valence-electron chi connectivity index (χ1n) is 9.82. The molecule has 180 valence electrons. The highest BCUT2D eigenvalue weighted by molar-refractivity contribution is 7.92. The van der Waals surface area contributed by atoms with E-state index >= 15 is 0 Å². The summed E-state index contributed by atoms with van der Waals surface area (Å²) >= 11 is 12.0. The molecule has 1 amide bonds. The van der Waals surface area contributed by atoms with Crippen molar-refractivity contribution in [3.05, 3.63) is 82.8 Å². The van der Waals surface area contributed by atoms with Crippen molar-refractivity contribution in [2.45, 2.75) is 17.9 Å². The Morgan fingerprint density at radius 2 is 1.50 bits per heavy atom. The summed E-state index contributed by atoms with van der Waals surface area (Å²) in [4.78, 5) is 12.7. The lowest BCUT2D eigenvalue weighted by molar-refractivity contribution is -0.116. The molecule has 3 aromatic rings. The molecule has 0 saturated heterocycles. The molecule has 8 nitrogen and oxygen atoms in total. The molecule has 0 saturated carbocycles. The summed E-state index contributed by atoms with van der Waals surface area (Å²) in [6, 6.07) is 17.1. The van der Waals surface area contributed by atoms with E-state index in [9.17, 15) is 21.6 Å². The number of para-hydroxylation sites is 1. The zero-order chi connectivity index (χ0) is 25.1. The van der Waals surface area contributed by atoms with E-state index in [-0.39, 0.29) is 26.3 Å². The minimum Gasteiger partial charge on any atom is -0.324 e. The van der Waals surface area contributed by atoms with Crippen LogP contribution in [-0.4, -0.2) is 35.0 Å². The van der Waals surface area contributed by atoms with E-state index in [4.69, 9.17) is 23.2 Å². The lowest BCUT2D eigenvalue weighted by atomic mass is 10.2. The maximum absolute atomic E-state index is 12.8. The number of nitrogens with zero attached hydrogens (tertiary/aromatic N) is 1. The van der Waals surface area contributed by atoms with E-state index in [1.807, 2.05) is 0 Å². The van der Waals surface area contributed by atoms with Gasteiger partial charge in [-0.05, 0) is 55.5 Å². The Morgan fingerprint density at radius 1 is 0.882 bits per heavy atom. The van der Waals surface area contributed by atoms with Gasteiger partial charge in [0.15, 0.2) is 0 Å². The van der Waals surface area contributed by atoms with Crippen LogP contribution in [0.4, 0.5) is 17.1 Å². The molecule has 0 heterocycles. The second kappa shape index (κ2) is 10.2. The molecule has 34 heavy (non-hydrogen) atoms. The van der Waals surface area contributed by atoms with Crippen molar-refractivity contribution in [3.63, 3.8) is 0 Å². The Labute approximate surface area is 208 Å². The van der Waals surface area contributed by atoms with Gasteiger partial charge in [-0.1, -0.05) is 47.5 Å². The normalized spacial score (nSPS) is 12.6. The minimum atomic E-state index is -3.98. The number of carbonyl (C=O) groups is 1. The first-order chi connectivity index (χ1) is 15.9. The number of halogens is 2. The number of rotatable bonds is 8. The molecular weight excluding hydrogens is 521 g/mol. The second-order valence-corrected chi connectivity index (χ2v) is 11.6. The van der Waals surface area contributed by atoms with Gasteiger partial charge in [-0.2, -0.15) is 0 Å². The Hall–Kier alpha value is -2.79. The molecule has 12 heteroatoms. The summed E-state index contributed by atoms with van der Waals surface area (Å²) in [5.41, 5.74) is 0.764. The maximum atomic E-state index is 12.8. The number of nitrogens with one attached hydrogen (secondary N) is 2. The smallest absolute Gasteiger partial charge is 0.261 e. The number of hydrogen-bond donors (Lipinski definition) is 2. The Bertz CT molecular complexity index is 1400. The quantitative estimate of drug-likeness (QED) is 0.433. The largest absolute Gasteiger partial charge is 0.324 e. The summed E-state index contributed by atoms with van der Waals surface area (Å²) in [6.45, 7) is 1.46. The van der Waals surface area contributed by atoms with Crippen LogP contribution >= 0.6 is 23.2 Å².